The van der Waals surface area contributed by atoms with Crippen molar-refractivity contribution in [3.8, 4) is 0 Å². The molecule has 2 aromatic heterocycles. The summed E-state index contributed by atoms with van der Waals surface area (Å²) in [6.45, 7) is 1.26. The van der Waals surface area contributed by atoms with Crippen LogP contribution in [0.5, 0.6) is 0 Å². The zero-order valence-corrected chi connectivity index (χ0v) is 12.0. The zero-order chi connectivity index (χ0) is 14.7. The summed E-state index contributed by atoms with van der Waals surface area (Å²) < 4.78 is 7.38. The van der Waals surface area contributed by atoms with Crippen molar-refractivity contribution in [3.05, 3.63) is 54.1 Å². The maximum atomic E-state index is 12.3. The number of carbonyl (C=O) groups excluding carboxylic acids is 1. The highest BCUT2D eigenvalue weighted by atomic mass is 16.5. The normalized spacial score (nSPS) is 21.4. The van der Waals surface area contributed by atoms with E-state index in [2.05, 4.69) is 10.3 Å². The van der Waals surface area contributed by atoms with Gasteiger partial charge in [-0.15, -0.1) is 0 Å². The lowest BCUT2D eigenvalue weighted by Crippen LogP contribution is -2.41. The molecule has 21 heavy (non-hydrogen) atoms. The molecule has 3 rings (SSSR count). The Kier molecular flexibility index (Phi) is 4.01. The topological polar surface area (TPSA) is 56.2 Å². The van der Waals surface area contributed by atoms with Crippen LogP contribution in [0.2, 0.25) is 0 Å². The highest BCUT2D eigenvalue weighted by molar-refractivity contribution is 5.92. The Labute approximate surface area is 124 Å². The van der Waals surface area contributed by atoms with Gasteiger partial charge in [-0.25, -0.2) is 0 Å². The van der Waals surface area contributed by atoms with Crippen molar-refractivity contribution in [2.24, 2.45) is 13.0 Å². The minimum absolute atomic E-state index is 0.0438. The molecule has 1 aliphatic rings. The summed E-state index contributed by atoms with van der Waals surface area (Å²) in [4.78, 5) is 16.3. The van der Waals surface area contributed by atoms with Gasteiger partial charge in [-0.3, -0.25) is 9.78 Å². The number of aromatic nitrogens is 2. The van der Waals surface area contributed by atoms with Gasteiger partial charge in [-0.05, 0) is 36.2 Å². The summed E-state index contributed by atoms with van der Waals surface area (Å²) in [7, 11) is 1.87. The van der Waals surface area contributed by atoms with E-state index in [0.717, 1.165) is 6.42 Å². The quantitative estimate of drug-likeness (QED) is 0.924. The molecule has 0 aliphatic carbocycles. The van der Waals surface area contributed by atoms with Gasteiger partial charge in [-0.2, -0.15) is 0 Å². The van der Waals surface area contributed by atoms with Gasteiger partial charge < -0.3 is 14.6 Å². The Morgan fingerprint density at radius 3 is 2.90 bits per heavy atom. The lowest BCUT2D eigenvalue weighted by Gasteiger charge is -2.19. The van der Waals surface area contributed by atoms with Crippen molar-refractivity contribution in [2.45, 2.75) is 12.5 Å². The average Bonchev–Trinajstić information content (AvgIpc) is 3.10. The molecule has 110 valence electrons. The number of rotatable bonds is 4. The molecule has 0 saturated carbocycles. The standard InChI is InChI=1S/C16H19N3O2/c1-19-8-2-3-15(19)16(20)18-14-11-21-10-13(14)9-12-4-6-17-7-5-12/h2-8,13-14H,9-11H2,1H3,(H,18,20)/t13-,14-/m1/s1. The third-order valence-electron chi connectivity index (χ3n) is 3.94. The number of carbonyl (C=O) groups is 1. The van der Waals surface area contributed by atoms with E-state index >= 15 is 0 Å². The van der Waals surface area contributed by atoms with Crippen molar-refractivity contribution < 1.29 is 9.53 Å². The fourth-order valence-corrected chi connectivity index (χ4v) is 2.72. The first-order valence-corrected chi connectivity index (χ1v) is 7.13. The van der Waals surface area contributed by atoms with Gasteiger partial charge in [0.05, 0.1) is 19.3 Å². The van der Waals surface area contributed by atoms with E-state index in [1.54, 1.807) is 12.4 Å². The first-order chi connectivity index (χ1) is 10.2. The van der Waals surface area contributed by atoms with Crippen LogP contribution in [0.3, 0.4) is 0 Å². The Morgan fingerprint density at radius 2 is 2.19 bits per heavy atom. The fraction of sp³-hybridized carbons (Fsp3) is 0.375. The van der Waals surface area contributed by atoms with Crippen LogP contribution in [0.4, 0.5) is 0 Å². The zero-order valence-electron chi connectivity index (χ0n) is 12.0. The molecule has 1 amide bonds. The summed E-state index contributed by atoms with van der Waals surface area (Å²) in [5.74, 6) is 0.259. The second-order valence-electron chi connectivity index (χ2n) is 5.44. The molecule has 0 spiro atoms. The average molecular weight is 285 g/mol. The summed E-state index contributed by atoms with van der Waals surface area (Å²) in [5.41, 5.74) is 1.89. The Bertz CT molecular complexity index is 609. The van der Waals surface area contributed by atoms with Crippen LogP contribution in [0.15, 0.2) is 42.9 Å². The van der Waals surface area contributed by atoms with E-state index in [-0.39, 0.29) is 11.9 Å². The number of hydrogen-bond acceptors (Lipinski definition) is 3. The largest absolute Gasteiger partial charge is 0.379 e. The van der Waals surface area contributed by atoms with E-state index < -0.39 is 0 Å². The van der Waals surface area contributed by atoms with Crippen molar-refractivity contribution in [1.29, 1.82) is 0 Å². The maximum Gasteiger partial charge on any atom is 0.268 e. The molecule has 2 atom stereocenters. The van der Waals surface area contributed by atoms with E-state index in [1.807, 2.05) is 42.1 Å². The monoisotopic (exact) mass is 285 g/mol. The van der Waals surface area contributed by atoms with Crippen molar-refractivity contribution in [1.82, 2.24) is 14.9 Å². The summed E-state index contributed by atoms with van der Waals surface area (Å²) in [6, 6.07) is 7.76. The molecule has 1 aliphatic heterocycles. The molecule has 1 N–H and O–H groups in total. The molecular formula is C16H19N3O2. The smallest absolute Gasteiger partial charge is 0.268 e. The molecule has 1 fully saturated rings. The Hall–Kier alpha value is -2.14. The molecule has 0 radical (unpaired) electrons. The van der Waals surface area contributed by atoms with E-state index in [1.165, 1.54) is 5.56 Å². The molecule has 2 aromatic rings. The van der Waals surface area contributed by atoms with Crippen LogP contribution in [-0.4, -0.2) is 34.7 Å². The lowest BCUT2D eigenvalue weighted by atomic mass is 9.95. The van der Waals surface area contributed by atoms with Crippen molar-refractivity contribution in [3.63, 3.8) is 0 Å². The molecule has 0 aromatic carbocycles. The second-order valence-corrected chi connectivity index (χ2v) is 5.44. The number of pyridine rings is 1. The van der Waals surface area contributed by atoms with E-state index in [4.69, 9.17) is 4.74 Å². The highest BCUT2D eigenvalue weighted by Gasteiger charge is 2.30. The van der Waals surface area contributed by atoms with E-state index in [0.29, 0.717) is 24.8 Å². The Balaban J connectivity index is 1.64. The van der Waals surface area contributed by atoms with Crippen LogP contribution in [-0.2, 0) is 18.2 Å². The molecule has 0 bridgehead atoms. The van der Waals surface area contributed by atoms with Gasteiger partial charge in [0.1, 0.15) is 5.69 Å². The van der Waals surface area contributed by atoms with Crippen molar-refractivity contribution >= 4 is 5.91 Å². The third-order valence-corrected chi connectivity index (χ3v) is 3.94. The number of nitrogens with zero attached hydrogens (tertiary/aromatic N) is 2. The van der Waals surface area contributed by atoms with Gasteiger partial charge in [0.25, 0.3) is 5.91 Å². The number of ether oxygens (including phenoxy) is 1. The van der Waals surface area contributed by atoms with Crippen LogP contribution in [0.25, 0.3) is 0 Å². The molecule has 0 unspecified atom stereocenters. The molecular weight excluding hydrogens is 266 g/mol. The summed E-state index contributed by atoms with van der Waals surface area (Å²) >= 11 is 0. The molecule has 1 saturated heterocycles. The summed E-state index contributed by atoms with van der Waals surface area (Å²) in [5, 5.41) is 3.09. The lowest BCUT2D eigenvalue weighted by molar-refractivity contribution is 0.0917. The minimum Gasteiger partial charge on any atom is -0.379 e. The molecule has 5 nitrogen and oxygen atoms in total. The number of amides is 1. The van der Waals surface area contributed by atoms with Crippen molar-refractivity contribution in [2.75, 3.05) is 13.2 Å². The fourth-order valence-electron chi connectivity index (χ4n) is 2.72. The third kappa shape index (κ3) is 3.13. The first kappa shape index (κ1) is 13.8. The predicted octanol–water partition coefficient (Wildman–Crippen LogP) is 1.41. The Morgan fingerprint density at radius 1 is 1.38 bits per heavy atom. The van der Waals surface area contributed by atoms with E-state index in [9.17, 15) is 4.79 Å². The second kappa shape index (κ2) is 6.10. The highest BCUT2D eigenvalue weighted by Crippen LogP contribution is 2.19. The first-order valence-electron chi connectivity index (χ1n) is 7.13. The number of hydrogen-bond donors (Lipinski definition) is 1. The summed E-state index contributed by atoms with van der Waals surface area (Å²) in [6.07, 6.45) is 6.35. The molecule has 3 heterocycles. The van der Waals surface area contributed by atoms with Crippen LogP contribution >= 0.6 is 0 Å². The number of aryl methyl sites for hydroxylation is 1. The van der Waals surface area contributed by atoms with Crippen LogP contribution in [0, 0.1) is 5.92 Å². The van der Waals surface area contributed by atoms with Gasteiger partial charge in [0.15, 0.2) is 0 Å². The van der Waals surface area contributed by atoms with Gasteiger partial charge in [0.2, 0.25) is 0 Å². The predicted molar refractivity (Wildman–Crippen MR) is 78.9 cm³/mol. The maximum absolute atomic E-state index is 12.3. The SMILES string of the molecule is Cn1cccc1C(=O)N[C@@H]1COC[C@H]1Cc1ccncc1. The molecule has 5 heteroatoms. The van der Waals surface area contributed by atoms with Gasteiger partial charge in [-0.1, -0.05) is 0 Å². The van der Waals surface area contributed by atoms with Crippen LogP contribution < -0.4 is 5.32 Å². The minimum atomic E-state index is -0.0438. The van der Waals surface area contributed by atoms with Gasteiger partial charge in [0, 0.05) is 31.6 Å². The van der Waals surface area contributed by atoms with Crippen LogP contribution in [0.1, 0.15) is 16.1 Å². The van der Waals surface area contributed by atoms with Gasteiger partial charge >= 0.3 is 0 Å². The number of nitrogens with one attached hydrogen (secondary N) is 1.